The van der Waals surface area contributed by atoms with Gasteiger partial charge in [0.1, 0.15) is 12.3 Å². The molecule has 1 heterocycles. The number of amides is 1. The maximum absolute atomic E-state index is 12.3. The minimum Gasteiger partial charge on any atom is -0.384 e. The molecule has 0 saturated heterocycles. The second-order valence-electron chi connectivity index (χ2n) is 5.59. The summed E-state index contributed by atoms with van der Waals surface area (Å²) in [5, 5.41) is 11.7. The summed E-state index contributed by atoms with van der Waals surface area (Å²) in [5.74, 6) is 6.36. The highest BCUT2D eigenvalue weighted by molar-refractivity contribution is 5.94. The van der Waals surface area contributed by atoms with Gasteiger partial charge in [-0.2, -0.15) is 0 Å². The summed E-state index contributed by atoms with van der Waals surface area (Å²) >= 11 is 0. The zero-order valence-corrected chi connectivity index (χ0v) is 12.4. The van der Waals surface area contributed by atoms with Gasteiger partial charge in [-0.1, -0.05) is 38.0 Å². The van der Waals surface area contributed by atoms with E-state index in [1.165, 1.54) is 25.7 Å². The minimum absolute atomic E-state index is 0.185. The van der Waals surface area contributed by atoms with Gasteiger partial charge in [-0.3, -0.25) is 4.79 Å². The van der Waals surface area contributed by atoms with Crippen LogP contribution in [0.1, 0.15) is 48.7 Å². The lowest BCUT2D eigenvalue weighted by molar-refractivity contribution is 0.0931. The molecule has 2 atom stereocenters. The molecular formula is C17H22N2O2. The lowest BCUT2D eigenvalue weighted by Gasteiger charge is -2.28. The van der Waals surface area contributed by atoms with E-state index in [0.29, 0.717) is 29.6 Å². The maximum atomic E-state index is 12.3. The standard InChI is InChI=1S/C17H22N2O2/c1-13-6-2-3-7-15(13)12-19-17(21)16-14(9-5-11-20)8-4-10-18-16/h4,8,10,13,15,20H,2-3,6-7,11-12H2,1H3,(H,19,21). The van der Waals surface area contributed by atoms with Crippen molar-refractivity contribution in [2.75, 3.05) is 13.2 Å². The largest absolute Gasteiger partial charge is 0.384 e. The van der Waals surface area contributed by atoms with Crippen LogP contribution in [0.15, 0.2) is 18.3 Å². The molecule has 1 aliphatic rings. The van der Waals surface area contributed by atoms with E-state index in [0.717, 1.165) is 0 Å². The molecule has 2 rings (SSSR count). The van der Waals surface area contributed by atoms with Crippen molar-refractivity contribution in [2.45, 2.75) is 32.6 Å². The molecule has 1 aromatic rings. The van der Waals surface area contributed by atoms with Crippen molar-refractivity contribution in [1.29, 1.82) is 0 Å². The lowest BCUT2D eigenvalue weighted by atomic mass is 9.80. The number of aliphatic hydroxyl groups excluding tert-OH is 1. The Labute approximate surface area is 126 Å². The van der Waals surface area contributed by atoms with E-state index in [9.17, 15) is 4.79 Å². The molecule has 1 fully saturated rings. The van der Waals surface area contributed by atoms with Crippen LogP contribution in [0.2, 0.25) is 0 Å². The van der Waals surface area contributed by atoms with Gasteiger partial charge in [0.25, 0.3) is 5.91 Å². The molecule has 4 heteroatoms. The Balaban J connectivity index is 2.00. The third-order valence-corrected chi connectivity index (χ3v) is 4.14. The van der Waals surface area contributed by atoms with Crippen LogP contribution >= 0.6 is 0 Å². The van der Waals surface area contributed by atoms with E-state index in [-0.39, 0.29) is 12.5 Å². The number of carbonyl (C=O) groups is 1. The summed E-state index contributed by atoms with van der Waals surface area (Å²) in [6, 6.07) is 3.48. The number of aliphatic hydroxyl groups is 1. The first-order valence-corrected chi connectivity index (χ1v) is 7.55. The van der Waals surface area contributed by atoms with Crippen molar-refractivity contribution in [1.82, 2.24) is 10.3 Å². The van der Waals surface area contributed by atoms with Gasteiger partial charge in [-0.15, -0.1) is 0 Å². The summed E-state index contributed by atoms with van der Waals surface area (Å²) in [6.07, 6.45) is 6.56. The monoisotopic (exact) mass is 286 g/mol. The van der Waals surface area contributed by atoms with Gasteiger partial charge >= 0.3 is 0 Å². The Morgan fingerprint density at radius 3 is 3.05 bits per heavy atom. The predicted molar refractivity (Wildman–Crippen MR) is 81.7 cm³/mol. The zero-order chi connectivity index (χ0) is 15.1. The van der Waals surface area contributed by atoms with E-state index in [1.807, 2.05) is 0 Å². The van der Waals surface area contributed by atoms with Crippen LogP contribution in [0.3, 0.4) is 0 Å². The van der Waals surface area contributed by atoms with Crippen LogP contribution < -0.4 is 5.32 Å². The molecule has 2 unspecified atom stereocenters. The summed E-state index contributed by atoms with van der Waals surface area (Å²) < 4.78 is 0. The van der Waals surface area contributed by atoms with Crippen LogP contribution in [0, 0.1) is 23.7 Å². The fraction of sp³-hybridized carbons (Fsp3) is 0.529. The molecule has 1 amide bonds. The van der Waals surface area contributed by atoms with Crippen LogP contribution in [0.25, 0.3) is 0 Å². The van der Waals surface area contributed by atoms with Gasteiger partial charge in [-0.05, 0) is 30.4 Å². The Morgan fingerprint density at radius 1 is 1.48 bits per heavy atom. The highest BCUT2D eigenvalue weighted by Crippen LogP contribution is 2.28. The van der Waals surface area contributed by atoms with E-state index in [1.54, 1.807) is 18.3 Å². The average Bonchev–Trinajstić information content (AvgIpc) is 2.52. The second kappa shape index (κ2) is 7.80. The van der Waals surface area contributed by atoms with Gasteiger partial charge in [0.2, 0.25) is 0 Å². The summed E-state index contributed by atoms with van der Waals surface area (Å²) in [7, 11) is 0. The summed E-state index contributed by atoms with van der Waals surface area (Å²) in [6.45, 7) is 2.73. The molecule has 1 saturated carbocycles. The van der Waals surface area contributed by atoms with E-state index >= 15 is 0 Å². The van der Waals surface area contributed by atoms with Gasteiger partial charge in [0, 0.05) is 12.7 Å². The maximum Gasteiger partial charge on any atom is 0.271 e. The van der Waals surface area contributed by atoms with Crippen LogP contribution in [0.5, 0.6) is 0 Å². The Hall–Kier alpha value is -1.86. The van der Waals surface area contributed by atoms with E-state index < -0.39 is 0 Å². The molecule has 112 valence electrons. The molecule has 1 aliphatic carbocycles. The summed E-state index contributed by atoms with van der Waals surface area (Å²) in [4.78, 5) is 16.4. The van der Waals surface area contributed by atoms with Gasteiger partial charge in [0.05, 0.1) is 5.56 Å². The van der Waals surface area contributed by atoms with Crippen LogP contribution in [-0.4, -0.2) is 29.1 Å². The molecule has 0 aromatic carbocycles. The Morgan fingerprint density at radius 2 is 2.29 bits per heavy atom. The van der Waals surface area contributed by atoms with Gasteiger partial charge in [-0.25, -0.2) is 4.98 Å². The highest BCUT2D eigenvalue weighted by Gasteiger charge is 2.22. The van der Waals surface area contributed by atoms with E-state index in [2.05, 4.69) is 29.1 Å². The molecule has 0 aliphatic heterocycles. The fourth-order valence-corrected chi connectivity index (χ4v) is 2.83. The molecule has 4 nitrogen and oxygen atoms in total. The third kappa shape index (κ3) is 4.30. The topological polar surface area (TPSA) is 62.2 Å². The number of nitrogens with one attached hydrogen (secondary N) is 1. The first-order valence-electron chi connectivity index (χ1n) is 7.55. The quantitative estimate of drug-likeness (QED) is 0.835. The number of pyridine rings is 1. The van der Waals surface area contributed by atoms with Crippen molar-refractivity contribution in [2.24, 2.45) is 11.8 Å². The van der Waals surface area contributed by atoms with Crippen molar-refractivity contribution < 1.29 is 9.90 Å². The Kier molecular flexibility index (Phi) is 5.77. The van der Waals surface area contributed by atoms with Crippen molar-refractivity contribution in [3.63, 3.8) is 0 Å². The number of hydrogen-bond donors (Lipinski definition) is 2. The number of hydrogen-bond acceptors (Lipinski definition) is 3. The lowest BCUT2D eigenvalue weighted by Crippen LogP contribution is -2.34. The average molecular weight is 286 g/mol. The van der Waals surface area contributed by atoms with E-state index in [4.69, 9.17) is 5.11 Å². The molecule has 21 heavy (non-hydrogen) atoms. The SMILES string of the molecule is CC1CCCCC1CNC(=O)c1ncccc1C#CCO. The zero-order valence-electron chi connectivity index (χ0n) is 12.4. The van der Waals surface area contributed by atoms with Crippen LogP contribution in [-0.2, 0) is 0 Å². The molecule has 2 N–H and O–H groups in total. The predicted octanol–water partition coefficient (Wildman–Crippen LogP) is 1.98. The first-order chi connectivity index (χ1) is 10.2. The molecule has 0 bridgehead atoms. The molecular weight excluding hydrogens is 264 g/mol. The fourth-order valence-electron chi connectivity index (χ4n) is 2.83. The number of rotatable bonds is 3. The van der Waals surface area contributed by atoms with Gasteiger partial charge < -0.3 is 10.4 Å². The van der Waals surface area contributed by atoms with Crippen molar-refractivity contribution >= 4 is 5.91 Å². The van der Waals surface area contributed by atoms with Crippen molar-refractivity contribution in [3.8, 4) is 11.8 Å². The summed E-state index contributed by atoms with van der Waals surface area (Å²) in [5.41, 5.74) is 0.891. The third-order valence-electron chi connectivity index (χ3n) is 4.14. The minimum atomic E-state index is -0.227. The van der Waals surface area contributed by atoms with Crippen molar-refractivity contribution in [3.05, 3.63) is 29.6 Å². The van der Waals surface area contributed by atoms with Gasteiger partial charge in [0.15, 0.2) is 0 Å². The second-order valence-corrected chi connectivity index (χ2v) is 5.59. The smallest absolute Gasteiger partial charge is 0.271 e. The Bertz CT molecular complexity index is 545. The molecule has 0 spiro atoms. The highest BCUT2D eigenvalue weighted by atomic mass is 16.2. The normalized spacial score (nSPS) is 21.2. The number of carbonyl (C=O) groups excluding carboxylic acids is 1. The number of nitrogens with zero attached hydrogens (tertiary/aromatic N) is 1. The van der Waals surface area contributed by atoms with Crippen LogP contribution in [0.4, 0.5) is 0 Å². The molecule has 1 aromatic heterocycles. The number of aromatic nitrogens is 1. The molecule has 0 radical (unpaired) electrons. The first kappa shape index (κ1) is 15.5.